The van der Waals surface area contributed by atoms with Crippen LogP contribution in [0.1, 0.15) is 51.6 Å². The normalized spacial score (nSPS) is 15.7. The Kier molecular flexibility index (Phi) is 6.36. The standard InChI is InChI=1S/C29H27F2N5O4/c1-3-39-28(38)21-15-33-36-25(21)32-14-20(26(36)34-23-7-5-18(30)12-17(23)2)27(37)35-10-8-29(9-11-35)16-40-24-13-19(31)4-6-22(24)29/h4-7,12-15,34H,3,8-11,16H2,1-2H3. The number of anilines is 2. The summed E-state index contributed by atoms with van der Waals surface area (Å²) < 4.78 is 39.8. The highest BCUT2D eigenvalue weighted by atomic mass is 19.1. The third kappa shape index (κ3) is 4.31. The summed E-state index contributed by atoms with van der Waals surface area (Å²) >= 11 is 0. The number of carbonyl (C=O) groups is 2. The first-order chi connectivity index (χ1) is 19.3. The van der Waals surface area contributed by atoms with Gasteiger partial charge in [-0.05, 0) is 56.5 Å². The minimum Gasteiger partial charge on any atom is -0.492 e. The average Bonchev–Trinajstić information content (AvgIpc) is 3.52. The fourth-order valence-electron chi connectivity index (χ4n) is 5.52. The number of aromatic nitrogens is 3. The number of carbonyl (C=O) groups excluding carboxylic acids is 2. The van der Waals surface area contributed by atoms with Gasteiger partial charge in [-0.2, -0.15) is 9.61 Å². The van der Waals surface area contributed by atoms with E-state index in [0.29, 0.717) is 55.4 Å². The second-order valence-electron chi connectivity index (χ2n) is 10.1. The van der Waals surface area contributed by atoms with Gasteiger partial charge in [0.1, 0.15) is 34.3 Å². The van der Waals surface area contributed by atoms with Crippen LogP contribution in [0.15, 0.2) is 48.8 Å². The first-order valence-electron chi connectivity index (χ1n) is 13.1. The molecule has 2 aliphatic heterocycles. The molecule has 0 radical (unpaired) electrons. The van der Waals surface area contributed by atoms with Gasteiger partial charge in [0.2, 0.25) is 0 Å². The molecule has 2 aromatic heterocycles. The van der Waals surface area contributed by atoms with Crippen molar-refractivity contribution in [3.8, 4) is 5.75 Å². The Labute approximate surface area is 228 Å². The van der Waals surface area contributed by atoms with Crippen LogP contribution in [-0.4, -0.2) is 57.7 Å². The van der Waals surface area contributed by atoms with Gasteiger partial charge in [0.15, 0.2) is 5.65 Å². The van der Waals surface area contributed by atoms with E-state index in [-0.39, 0.29) is 46.3 Å². The first kappa shape index (κ1) is 25.7. The largest absolute Gasteiger partial charge is 0.492 e. The van der Waals surface area contributed by atoms with Crippen molar-refractivity contribution in [1.29, 1.82) is 0 Å². The zero-order valence-corrected chi connectivity index (χ0v) is 22.0. The topological polar surface area (TPSA) is 98.1 Å². The predicted octanol–water partition coefficient (Wildman–Crippen LogP) is 4.80. The van der Waals surface area contributed by atoms with E-state index in [1.54, 1.807) is 30.9 Å². The van der Waals surface area contributed by atoms with Gasteiger partial charge >= 0.3 is 5.97 Å². The molecule has 40 heavy (non-hydrogen) atoms. The van der Waals surface area contributed by atoms with Crippen molar-refractivity contribution in [3.63, 3.8) is 0 Å². The summed E-state index contributed by atoms with van der Waals surface area (Å²) in [6.45, 7) is 5.00. The first-order valence-corrected chi connectivity index (χ1v) is 13.1. The number of esters is 1. The molecule has 0 unspecified atom stereocenters. The lowest BCUT2D eigenvalue weighted by Gasteiger charge is -2.38. The highest BCUT2D eigenvalue weighted by Crippen LogP contribution is 2.46. The number of halogens is 2. The molecule has 1 spiro atoms. The number of aryl methyl sites for hydroxylation is 1. The van der Waals surface area contributed by atoms with Gasteiger partial charge in [0.25, 0.3) is 5.91 Å². The van der Waals surface area contributed by atoms with Crippen LogP contribution in [-0.2, 0) is 10.2 Å². The molecule has 0 bridgehead atoms. The van der Waals surface area contributed by atoms with Crippen LogP contribution in [0.5, 0.6) is 5.75 Å². The monoisotopic (exact) mass is 547 g/mol. The molecular formula is C29H27F2N5O4. The molecule has 6 rings (SSSR count). The zero-order valence-electron chi connectivity index (χ0n) is 22.0. The molecule has 2 aliphatic rings. The number of fused-ring (bicyclic) bond motifs is 3. The Morgan fingerprint density at radius 2 is 1.82 bits per heavy atom. The van der Waals surface area contributed by atoms with Crippen LogP contribution >= 0.6 is 0 Å². The van der Waals surface area contributed by atoms with Gasteiger partial charge < -0.3 is 19.7 Å². The molecule has 1 saturated heterocycles. The van der Waals surface area contributed by atoms with E-state index in [4.69, 9.17) is 9.47 Å². The fourth-order valence-corrected chi connectivity index (χ4v) is 5.52. The third-order valence-corrected chi connectivity index (χ3v) is 7.72. The lowest BCUT2D eigenvalue weighted by molar-refractivity contribution is 0.0528. The van der Waals surface area contributed by atoms with Gasteiger partial charge in [-0.25, -0.2) is 18.6 Å². The van der Waals surface area contributed by atoms with E-state index in [2.05, 4.69) is 15.4 Å². The zero-order chi connectivity index (χ0) is 28.0. The maximum absolute atomic E-state index is 13.9. The van der Waals surface area contributed by atoms with Crippen molar-refractivity contribution in [2.24, 2.45) is 0 Å². The molecule has 0 atom stereocenters. The molecule has 1 fully saturated rings. The number of ether oxygens (including phenoxy) is 2. The van der Waals surface area contributed by atoms with E-state index in [9.17, 15) is 18.4 Å². The van der Waals surface area contributed by atoms with Gasteiger partial charge in [-0.3, -0.25) is 4.79 Å². The second-order valence-corrected chi connectivity index (χ2v) is 10.1. The molecular weight excluding hydrogens is 520 g/mol. The van der Waals surface area contributed by atoms with Crippen LogP contribution in [0.3, 0.4) is 0 Å². The maximum Gasteiger partial charge on any atom is 0.343 e. The second kappa shape index (κ2) is 9.89. The number of nitrogens with zero attached hydrogens (tertiary/aromatic N) is 4. The molecule has 0 saturated carbocycles. The Morgan fingerprint density at radius 3 is 2.58 bits per heavy atom. The number of amides is 1. The van der Waals surface area contributed by atoms with E-state index < -0.39 is 5.97 Å². The third-order valence-electron chi connectivity index (χ3n) is 7.72. The summed E-state index contributed by atoms with van der Waals surface area (Å²) in [7, 11) is 0. The quantitative estimate of drug-likeness (QED) is 0.359. The predicted molar refractivity (Wildman–Crippen MR) is 142 cm³/mol. The van der Waals surface area contributed by atoms with Crippen molar-refractivity contribution in [3.05, 3.63) is 82.7 Å². The van der Waals surface area contributed by atoms with Crippen LogP contribution in [0, 0.1) is 18.6 Å². The van der Waals surface area contributed by atoms with E-state index in [1.165, 1.54) is 41.2 Å². The average molecular weight is 548 g/mol. The Hall–Kier alpha value is -4.54. The van der Waals surface area contributed by atoms with Crippen molar-refractivity contribution in [1.82, 2.24) is 19.5 Å². The highest BCUT2D eigenvalue weighted by Gasteiger charge is 2.44. The van der Waals surface area contributed by atoms with Crippen LogP contribution < -0.4 is 10.1 Å². The smallest absolute Gasteiger partial charge is 0.343 e. The Morgan fingerprint density at radius 1 is 1.07 bits per heavy atom. The summed E-state index contributed by atoms with van der Waals surface area (Å²) in [6, 6.07) is 8.90. The van der Waals surface area contributed by atoms with Crippen molar-refractivity contribution < 1.29 is 27.8 Å². The number of benzene rings is 2. The molecule has 206 valence electrons. The summed E-state index contributed by atoms with van der Waals surface area (Å²) in [5.41, 5.74) is 2.53. The van der Waals surface area contributed by atoms with Gasteiger partial charge in [0, 0.05) is 42.0 Å². The summed E-state index contributed by atoms with van der Waals surface area (Å²) in [5.74, 6) is -0.707. The van der Waals surface area contributed by atoms with E-state index >= 15 is 0 Å². The van der Waals surface area contributed by atoms with E-state index in [1.807, 2.05) is 0 Å². The number of rotatable bonds is 5. The van der Waals surface area contributed by atoms with Gasteiger partial charge in [-0.1, -0.05) is 6.07 Å². The molecule has 4 aromatic rings. The molecule has 11 heteroatoms. The Balaban J connectivity index is 1.33. The van der Waals surface area contributed by atoms with Gasteiger partial charge in [0.05, 0.1) is 19.4 Å². The number of likely N-dealkylation sites (tertiary alicyclic amines) is 1. The summed E-state index contributed by atoms with van der Waals surface area (Å²) in [5, 5.41) is 7.56. The Bertz CT molecular complexity index is 1650. The number of hydrogen-bond donors (Lipinski definition) is 1. The molecule has 2 aromatic carbocycles. The van der Waals surface area contributed by atoms with Crippen molar-refractivity contribution in [2.45, 2.75) is 32.1 Å². The van der Waals surface area contributed by atoms with E-state index in [0.717, 1.165) is 5.56 Å². The highest BCUT2D eigenvalue weighted by molar-refractivity contribution is 6.01. The van der Waals surface area contributed by atoms with Crippen molar-refractivity contribution in [2.75, 3.05) is 31.6 Å². The van der Waals surface area contributed by atoms with Crippen LogP contribution in [0.2, 0.25) is 0 Å². The lowest BCUT2D eigenvalue weighted by Crippen LogP contribution is -2.46. The molecule has 4 heterocycles. The maximum atomic E-state index is 13.9. The number of hydrogen-bond acceptors (Lipinski definition) is 7. The molecule has 9 nitrogen and oxygen atoms in total. The van der Waals surface area contributed by atoms with Crippen LogP contribution in [0.25, 0.3) is 5.65 Å². The molecule has 0 aliphatic carbocycles. The molecule has 1 amide bonds. The minimum absolute atomic E-state index is 0.163. The summed E-state index contributed by atoms with van der Waals surface area (Å²) in [4.78, 5) is 32.5. The number of nitrogens with one attached hydrogen (secondary N) is 1. The molecule has 1 N–H and O–H groups in total. The van der Waals surface area contributed by atoms with Crippen molar-refractivity contribution >= 4 is 29.0 Å². The van der Waals surface area contributed by atoms with Crippen LogP contribution in [0.4, 0.5) is 20.3 Å². The minimum atomic E-state index is -0.576. The fraction of sp³-hybridized carbons (Fsp3) is 0.310. The SMILES string of the molecule is CCOC(=O)c1cnn2c(Nc3ccc(F)cc3C)c(C(=O)N3CCC4(CC3)COc3cc(F)ccc34)cnc12. The van der Waals surface area contributed by atoms with Gasteiger partial charge in [-0.15, -0.1) is 0 Å². The number of piperidine rings is 1. The summed E-state index contributed by atoms with van der Waals surface area (Å²) in [6.07, 6.45) is 4.08. The lowest BCUT2D eigenvalue weighted by atomic mass is 9.74.